The van der Waals surface area contributed by atoms with Crippen molar-refractivity contribution in [3.05, 3.63) is 52.8 Å². The van der Waals surface area contributed by atoms with Crippen LogP contribution >= 0.6 is 0 Å². The molecule has 0 fully saturated rings. The quantitative estimate of drug-likeness (QED) is 0.824. The first kappa shape index (κ1) is 12.9. The Morgan fingerprint density at radius 2 is 2.16 bits per heavy atom. The van der Waals surface area contributed by atoms with Crippen LogP contribution in [0.1, 0.15) is 29.5 Å². The van der Waals surface area contributed by atoms with E-state index in [9.17, 15) is 5.26 Å². The highest BCUT2D eigenvalue weighted by molar-refractivity contribution is 5.52. The van der Waals surface area contributed by atoms with Gasteiger partial charge in [0.25, 0.3) is 0 Å². The summed E-state index contributed by atoms with van der Waals surface area (Å²) in [5, 5.41) is 18.1. The maximum atomic E-state index is 9.27. The Morgan fingerprint density at radius 3 is 2.79 bits per heavy atom. The van der Waals surface area contributed by atoms with Crippen molar-refractivity contribution < 1.29 is 4.74 Å². The Bertz CT molecular complexity index is 627. The molecule has 2 rings (SSSR count). The van der Waals surface area contributed by atoms with Crippen LogP contribution in [-0.4, -0.2) is 0 Å². The summed E-state index contributed by atoms with van der Waals surface area (Å²) in [6, 6.07) is 7.94. The summed E-state index contributed by atoms with van der Waals surface area (Å²) >= 11 is 0. The van der Waals surface area contributed by atoms with Gasteiger partial charge in [-0.2, -0.15) is 10.5 Å². The minimum atomic E-state index is 0.222. The largest absolute Gasteiger partial charge is 0.460 e. The van der Waals surface area contributed by atoms with Crippen molar-refractivity contribution in [3.8, 4) is 17.9 Å². The van der Waals surface area contributed by atoms with Crippen LogP contribution in [-0.2, 0) is 6.42 Å². The lowest BCUT2D eigenvalue weighted by atomic mass is 10.0. The number of ether oxygens (including phenoxy) is 1. The first-order chi connectivity index (χ1) is 9.24. The van der Waals surface area contributed by atoms with Gasteiger partial charge in [0.2, 0.25) is 0 Å². The second-order valence-corrected chi connectivity index (χ2v) is 4.45. The number of rotatable bonds is 3. The summed E-state index contributed by atoms with van der Waals surface area (Å²) in [6.45, 7) is 1.93. The Kier molecular flexibility index (Phi) is 4.00. The van der Waals surface area contributed by atoms with E-state index >= 15 is 0 Å². The Hall–Kier alpha value is -2.52. The lowest BCUT2D eigenvalue weighted by molar-refractivity contribution is 0.401. The lowest BCUT2D eigenvalue weighted by Crippen LogP contribution is -2.01. The van der Waals surface area contributed by atoms with E-state index in [1.54, 1.807) is 0 Å². The smallest absolute Gasteiger partial charge is 0.145 e. The van der Waals surface area contributed by atoms with Gasteiger partial charge in [-0.1, -0.05) is 18.2 Å². The molecule has 0 saturated carbocycles. The molecule has 3 heteroatoms. The Morgan fingerprint density at radius 1 is 1.32 bits per heavy atom. The van der Waals surface area contributed by atoms with Crippen molar-refractivity contribution in [2.45, 2.75) is 26.2 Å². The molecule has 1 aromatic carbocycles. The number of nitrogens with zero attached hydrogens (tertiary/aromatic N) is 2. The van der Waals surface area contributed by atoms with Gasteiger partial charge < -0.3 is 4.74 Å². The van der Waals surface area contributed by atoms with E-state index in [1.807, 2.05) is 31.2 Å². The highest BCUT2D eigenvalue weighted by atomic mass is 16.5. The number of aryl methyl sites for hydroxylation is 1. The van der Waals surface area contributed by atoms with E-state index < -0.39 is 0 Å². The molecule has 1 aromatic rings. The van der Waals surface area contributed by atoms with Crippen LogP contribution in [0.4, 0.5) is 0 Å². The van der Waals surface area contributed by atoms with Gasteiger partial charge >= 0.3 is 0 Å². The van der Waals surface area contributed by atoms with Gasteiger partial charge in [0.15, 0.2) is 0 Å². The summed E-state index contributed by atoms with van der Waals surface area (Å²) in [6.07, 6.45) is 7.95. The summed E-state index contributed by atoms with van der Waals surface area (Å²) in [4.78, 5) is 0. The fourth-order valence-corrected chi connectivity index (χ4v) is 2.06. The van der Waals surface area contributed by atoms with Gasteiger partial charge in [0.05, 0.1) is 18.1 Å². The van der Waals surface area contributed by atoms with E-state index in [0.29, 0.717) is 11.3 Å². The summed E-state index contributed by atoms with van der Waals surface area (Å²) < 4.78 is 5.82. The summed E-state index contributed by atoms with van der Waals surface area (Å²) in [5.41, 5.74) is 2.18. The average molecular weight is 250 g/mol. The molecule has 0 saturated heterocycles. The predicted molar refractivity (Wildman–Crippen MR) is 72.3 cm³/mol. The molecule has 0 unspecified atom stereocenters. The molecule has 0 N–H and O–H groups in total. The number of allylic oxidation sites excluding steroid dienone is 4. The minimum absolute atomic E-state index is 0.222. The molecule has 1 aliphatic carbocycles. The average Bonchev–Trinajstić information content (AvgIpc) is 2.40. The van der Waals surface area contributed by atoms with Gasteiger partial charge in [-0.3, -0.25) is 0 Å². The zero-order valence-corrected chi connectivity index (χ0v) is 10.8. The van der Waals surface area contributed by atoms with Crippen LogP contribution in [0.5, 0.6) is 5.75 Å². The van der Waals surface area contributed by atoms with E-state index in [-0.39, 0.29) is 6.42 Å². The molecule has 0 spiro atoms. The molecule has 0 radical (unpaired) electrons. The van der Waals surface area contributed by atoms with Crippen molar-refractivity contribution in [3.63, 3.8) is 0 Å². The first-order valence-electron chi connectivity index (χ1n) is 6.18. The van der Waals surface area contributed by atoms with Crippen LogP contribution in [0.25, 0.3) is 0 Å². The van der Waals surface area contributed by atoms with Crippen molar-refractivity contribution in [1.82, 2.24) is 0 Å². The standard InChI is InChI=1S/C16H14N2O/c1-12-9-13(7-8-17)15(11-18)16(10-12)19-14-5-3-2-4-6-14/h2-3,5,9-10H,4,6-7H2,1H3. The number of nitriles is 2. The third kappa shape index (κ3) is 3.03. The van der Waals surface area contributed by atoms with Crippen molar-refractivity contribution in [1.29, 1.82) is 10.5 Å². The third-order valence-corrected chi connectivity index (χ3v) is 2.93. The summed E-state index contributed by atoms with van der Waals surface area (Å²) in [5.74, 6) is 1.40. The van der Waals surface area contributed by atoms with Gasteiger partial charge in [-0.25, -0.2) is 0 Å². The highest BCUT2D eigenvalue weighted by Crippen LogP contribution is 2.28. The Balaban J connectivity index is 2.39. The molecule has 0 aromatic heterocycles. The molecule has 0 amide bonds. The normalized spacial score (nSPS) is 13.3. The zero-order valence-electron chi connectivity index (χ0n) is 10.8. The minimum Gasteiger partial charge on any atom is -0.460 e. The molecule has 0 bridgehead atoms. The van der Waals surface area contributed by atoms with Gasteiger partial charge in [-0.05, 0) is 36.6 Å². The molecular weight excluding hydrogens is 236 g/mol. The first-order valence-corrected chi connectivity index (χ1v) is 6.18. The SMILES string of the molecule is Cc1cc(CC#N)c(C#N)c(OC2=CC=CCC2)c1. The van der Waals surface area contributed by atoms with Crippen LogP contribution in [0.2, 0.25) is 0 Å². The zero-order chi connectivity index (χ0) is 13.7. The summed E-state index contributed by atoms with van der Waals surface area (Å²) in [7, 11) is 0. The highest BCUT2D eigenvalue weighted by Gasteiger charge is 2.13. The van der Waals surface area contributed by atoms with Crippen LogP contribution in [0.3, 0.4) is 0 Å². The van der Waals surface area contributed by atoms with E-state index in [1.165, 1.54) is 0 Å². The number of hydrogen-bond acceptors (Lipinski definition) is 3. The molecule has 3 nitrogen and oxygen atoms in total. The second kappa shape index (κ2) is 5.89. The fourth-order valence-electron chi connectivity index (χ4n) is 2.06. The number of hydrogen-bond donors (Lipinski definition) is 0. The maximum Gasteiger partial charge on any atom is 0.145 e. The van der Waals surface area contributed by atoms with Crippen LogP contribution in [0.15, 0.2) is 36.1 Å². The second-order valence-electron chi connectivity index (χ2n) is 4.45. The van der Waals surface area contributed by atoms with Gasteiger partial charge in [0, 0.05) is 6.42 Å². The molecule has 0 atom stereocenters. The Labute approximate surface area is 113 Å². The topological polar surface area (TPSA) is 56.8 Å². The molecule has 94 valence electrons. The van der Waals surface area contributed by atoms with Gasteiger partial charge in [-0.15, -0.1) is 0 Å². The fraction of sp³-hybridized carbons (Fsp3) is 0.250. The van der Waals surface area contributed by atoms with Crippen molar-refractivity contribution in [2.24, 2.45) is 0 Å². The van der Waals surface area contributed by atoms with Crippen LogP contribution < -0.4 is 4.74 Å². The maximum absolute atomic E-state index is 9.27. The van der Waals surface area contributed by atoms with Crippen molar-refractivity contribution >= 4 is 0 Å². The molecule has 0 heterocycles. The van der Waals surface area contributed by atoms with Gasteiger partial charge in [0.1, 0.15) is 17.6 Å². The van der Waals surface area contributed by atoms with Crippen molar-refractivity contribution in [2.75, 3.05) is 0 Å². The lowest BCUT2D eigenvalue weighted by Gasteiger charge is -2.14. The molecule has 1 aliphatic rings. The van der Waals surface area contributed by atoms with E-state index in [4.69, 9.17) is 10.00 Å². The van der Waals surface area contributed by atoms with E-state index in [0.717, 1.165) is 29.7 Å². The number of benzene rings is 1. The van der Waals surface area contributed by atoms with Crippen LogP contribution in [0, 0.1) is 29.6 Å². The third-order valence-electron chi connectivity index (χ3n) is 2.93. The molecular formula is C16H14N2O. The molecule has 0 aliphatic heterocycles. The van der Waals surface area contributed by atoms with E-state index in [2.05, 4.69) is 18.2 Å². The predicted octanol–water partition coefficient (Wildman–Crippen LogP) is 3.55. The monoisotopic (exact) mass is 250 g/mol. The molecule has 19 heavy (non-hydrogen) atoms.